The molecule has 17 heavy (non-hydrogen) atoms. The predicted octanol–water partition coefficient (Wildman–Crippen LogP) is 3.70. The van der Waals surface area contributed by atoms with E-state index in [1.165, 1.54) is 25.3 Å². The lowest BCUT2D eigenvalue weighted by Gasteiger charge is -2.25. The summed E-state index contributed by atoms with van der Waals surface area (Å²) in [4.78, 5) is 3.75. The van der Waals surface area contributed by atoms with Crippen LogP contribution in [0.25, 0.3) is 0 Å². The van der Waals surface area contributed by atoms with Gasteiger partial charge >= 0.3 is 6.18 Å². The molecule has 1 aliphatic rings. The molecule has 0 bridgehead atoms. The maximum absolute atomic E-state index is 12.3. The van der Waals surface area contributed by atoms with E-state index in [-0.39, 0.29) is 0 Å². The normalized spacial score (nSPS) is 16.6. The van der Waals surface area contributed by atoms with Gasteiger partial charge in [-0.05, 0) is 24.5 Å². The number of halogens is 3. The second-order valence-corrected chi connectivity index (χ2v) is 4.44. The molecular weight excluding hydrogens is 229 g/mol. The van der Waals surface area contributed by atoms with Crippen molar-refractivity contribution in [2.24, 2.45) is 5.92 Å². The van der Waals surface area contributed by atoms with Crippen molar-refractivity contribution in [3.8, 4) is 0 Å². The van der Waals surface area contributed by atoms with Crippen LogP contribution in [-0.2, 0) is 6.18 Å². The van der Waals surface area contributed by atoms with Gasteiger partial charge in [0.25, 0.3) is 0 Å². The summed E-state index contributed by atoms with van der Waals surface area (Å²) >= 11 is 0. The first-order valence-corrected chi connectivity index (χ1v) is 5.83. The third-order valence-corrected chi connectivity index (χ3v) is 3.17. The average Bonchev–Trinajstić information content (AvgIpc) is 2.21. The summed E-state index contributed by atoms with van der Waals surface area (Å²) < 4.78 is 36.8. The lowest BCUT2D eigenvalue weighted by molar-refractivity contribution is -0.137. The summed E-state index contributed by atoms with van der Waals surface area (Å²) in [6.45, 7) is 0.781. The summed E-state index contributed by atoms with van der Waals surface area (Å²) in [6.07, 6.45) is 1.50. The highest BCUT2D eigenvalue weighted by Gasteiger charge is 2.30. The summed E-state index contributed by atoms with van der Waals surface area (Å²) in [5.74, 6) is 1.30. The summed E-state index contributed by atoms with van der Waals surface area (Å²) in [5, 5.41) is 3.04. The molecule has 0 unspecified atom stereocenters. The fourth-order valence-electron chi connectivity index (χ4n) is 1.85. The van der Waals surface area contributed by atoms with E-state index in [1.54, 1.807) is 0 Å². The quantitative estimate of drug-likeness (QED) is 0.873. The van der Waals surface area contributed by atoms with Gasteiger partial charge in [-0.25, -0.2) is 4.98 Å². The molecule has 1 aliphatic carbocycles. The Balaban J connectivity index is 1.81. The van der Waals surface area contributed by atoms with Crippen LogP contribution in [0.5, 0.6) is 0 Å². The molecule has 0 spiro atoms. The van der Waals surface area contributed by atoms with E-state index in [0.29, 0.717) is 5.82 Å². The van der Waals surface area contributed by atoms with Gasteiger partial charge in [-0.2, -0.15) is 13.2 Å². The van der Waals surface area contributed by atoms with Crippen molar-refractivity contribution in [2.45, 2.75) is 31.9 Å². The number of pyridine rings is 1. The van der Waals surface area contributed by atoms with Crippen molar-refractivity contribution in [2.75, 3.05) is 11.9 Å². The zero-order valence-corrected chi connectivity index (χ0v) is 9.43. The molecule has 94 valence electrons. The zero-order valence-electron chi connectivity index (χ0n) is 9.43. The molecule has 1 fully saturated rings. The average molecular weight is 244 g/mol. The van der Waals surface area contributed by atoms with Crippen molar-refractivity contribution in [1.29, 1.82) is 0 Å². The number of rotatable bonds is 4. The summed E-state index contributed by atoms with van der Waals surface area (Å²) in [7, 11) is 0. The lowest BCUT2D eigenvalue weighted by Crippen LogP contribution is -2.16. The van der Waals surface area contributed by atoms with Crippen molar-refractivity contribution in [3.63, 3.8) is 0 Å². The van der Waals surface area contributed by atoms with E-state index in [2.05, 4.69) is 10.3 Å². The summed E-state index contributed by atoms with van der Waals surface area (Å²) in [5.41, 5.74) is -0.706. The van der Waals surface area contributed by atoms with Gasteiger partial charge in [0.1, 0.15) is 5.82 Å². The third-order valence-electron chi connectivity index (χ3n) is 3.17. The lowest BCUT2D eigenvalue weighted by atomic mass is 9.83. The minimum atomic E-state index is -4.31. The highest BCUT2D eigenvalue weighted by molar-refractivity contribution is 5.36. The third kappa shape index (κ3) is 3.35. The molecule has 1 aromatic heterocycles. The smallest absolute Gasteiger partial charge is 0.370 e. The van der Waals surface area contributed by atoms with E-state index in [4.69, 9.17) is 0 Å². The van der Waals surface area contributed by atoms with E-state index in [0.717, 1.165) is 31.1 Å². The number of nitrogens with one attached hydrogen (secondary N) is 1. The molecule has 0 radical (unpaired) electrons. The molecular formula is C12H15F3N2. The van der Waals surface area contributed by atoms with Gasteiger partial charge in [-0.3, -0.25) is 0 Å². The Hall–Kier alpha value is -1.26. The van der Waals surface area contributed by atoms with Gasteiger partial charge in [0, 0.05) is 12.7 Å². The molecule has 0 saturated heterocycles. The molecule has 5 heteroatoms. The molecule has 1 N–H and O–H groups in total. The van der Waals surface area contributed by atoms with Crippen molar-refractivity contribution in [1.82, 2.24) is 4.98 Å². The van der Waals surface area contributed by atoms with Crippen LogP contribution in [0.1, 0.15) is 31.2 Å². The maximum Gasteiger partial charge on any atom is 0.417 e. The van der Waals surface area contributed by atoms with Crippen LogP contribution in [0.2, 0.25) is 0 Å². The molecule has 0 aliphatic heterocycles. The van der Waals surface area contributed by atoms with Crippen LogP contribution in [0.3, 0.4) is 0 Å². The number of anilines is 1. The van der Waals surface area contributed by atoms with Crippen LogP contribution >= 0.6 is 0 Å². The topological polar surface area (TPSA) is 24.9 Å². The van der Waals surface area contributed by atoms with Gasteiger partial charge in [-0.1, -0.05) is 19.3 Å². The second-order valence-electron chi connectivity index (χ2n) is 4.44. The first-order chi connectivity index (χ1) is 8.05. The molecule has 2 rings (SSSR count). The number of alkyl halides is 3. The van der Waals surface area contributed by atoms with Gasteiger partial charge in [0.15, 0.2) is 0 Å². The fourth-order valence-corrected chi connectivity index (χ4v) is 1.85. The number of nitrogens with zero attached hydrogens (tertiary/aromatic N) is 1. The van der Waals surface area contributed by atoms with E-state index in [9.17, 15) is 13.2 Å². The van der Waals surface area contributed by atoms with Crippen LogP contribution in [0.15, 0.2) is 18.3 Å². The second kappa shape index (κ2) is 4.94. The Morgan fingerprint density at radius 2 is 2.06 bits per heavy atom. The maximum atomic E-state index is 12.3. The van der Waals surface area contributed by atoms with Crippen molar-refractivity contribution >= 4 is 5.82 Å². The fraction of sp³-hybridized carbons (Fsp3) is 0.583. The Labute approximate surface area is 98.2 Å². The van der Waals surface area contributed by atoms with Gasteiger partial charge < -0.3 is 5.32 Å². The minimum absolute atomic E-state index is 0.511. The van der Waals surface area contributed by atoms with Crippen LogP contribution < -0.4 is 5.32 Å². The standard InChI is InChI=1S/C12H15F3N2/c13-12(14,15)10-4-5-11(17-8-10)16-7-6-9-2-1-3-9/h4-5,8-9H,1-3,6-7H2,(H,16,17). The van der Waals surface area contributed by atoms with Crippen LogP contribution in [-0.4, -0.2) is 11.5 Å². The largest absolute Gasteiger partial charge is 0.417 e. The highest BCUT2D eigenvalue weighted by atomic mass is 19.4. The molecule has 2 nitrogen and oxygen atoms in total. The van der Waals surface area contributed by atoms with Gasteiger partial charge in [-0.15, -0.1) is 0 Å². The monoisotopic (exact) mass is 244 g/mol. The van der Waals surface area contributed by atoms with Gasteiger partial charge in [0.2, 0.25) is 0 Å². The number of hydrogen-bond acceptors (Lipinski definition) is 2. The van der Waals surface area contributed by atoms with E-state index < -0.39 is 11.7 Å². The first kappa shape index (κ1) is 12.2. The molecule has 0 amide bonds. The Morgan fingerprint density at radius 1 is 1.29 bits per heavy atom. The Kier molecular flexibility index (Phi) is 3.54. The van der Waals surface area contributed by atoms with E-state index >= 15 is 0 Å². The van der Waals surface area contributed by atoms with Crippen molar-refractivity contribution < 1.29 is 13.2 Å². The molecule has 1 heterocycles. The first-order valence-electron chi connectivity index (χ1n) is 5.83. The molecule has 0 atom stereocenters. The molecule has 1 saturated carbocycles. The Morgan fingerprint density at radius 3 is 2.53 bits per heavy atom. The summed E-state index contributed by atoms with van der Waals surface area (Å²) in [6, 6.07) is 2.43. The van der Waals surface area contributed by atoms with E-state index in [1.807, 2.05) is 0 Å². The SMILES string of the molecule is FC(F)(F)c1ccc(NCCC2CCC2)nc1. The van der Waals surface area contributed by atoms with Crippen molar-refractivity contribution in [3.05, 3.63) is 23.9 Å². The van der Waals surface area contributed by atoms with Crippen LogP contribution in [0.4, 0.5) is 19.0 Å². The Bertz CT molecular complexity index is 355. The van der Waals surface area contributed by atoms with Gasteiger partial charge in [0.05, 0.1) is 5.56 Å². The molecule has 0 aromatic carbocycles. The van der Waals surface area contributed by atoms with Crippen LogP contribution in [0, 0.1) is 5.92 Å². The number of aromatic nitrogens is 1. The molecule has 1 aromatic rings. The number of hydrogen-bond donors (Lipinski definition) is 1. The minimum Gasteiger partial charge on any atom is -0.370 e. The highest BCUT2D eigenvalue weighted by Crippen LogP contribution is 2.30. The zero-order chi connectivity index (χ0) is 12.3. The predicted molar refractivity (Wildman–Crippen MR) is 59.7 cm³/mol.